The molecule has 0 bridgehead atoms. The summed E-state index contributed by atoms with van der Waals surface area (Å²) in [5.74, 6) is -0.202. The molecule has 1 aromatic carbocycles. The summed E-state index contributed by atoms with van der Waals surface area (Å²) in [5.41, 5.74) is 1.50. The number of hydrogen-bond donors (Lipinski definition) is 2. The lowest BCUT2D eigenvalue weighted by atomic mass is 10.1. The Balaban J connectivity index is 1.89. The second-order valence-electron chi connectivity index (χ2n) is 5.96. The molecular weight excluding hydrogens is 290 g/mol. The van der Waals surface area contributed by atoms with E-state index in [1.54, 1.807) is 17.0 Å². The Morgan fingerprint density at radius 3 is 2.57 bits per heavy atom. The molecule has 0 saturated carbocycles. The van der Waals surface area contributed by atoms with Crippen LogP contribution in [0.15, 0.2) is 47.3 Å². The highest BCUT2D eigenvalue weighted by Gasteiger charge is 2.29. The first-order valence-corrected chi connectivity index (χ1v) is 7.91. The predicted molar refractivity (Wildman–Crippen MR) is 90.5 cm³/mol. The zero-order valence-electron chi connectivity index (χ0n) is 13.4. The summed E-state index contributed by atoms with van der Waals surface area (Å²) in [4.78, 5) is 29.7. The van der Waals surface area contributed by atoms with E-state index in [0.717, 1.165) is 12.1 Å². The lowest BCUT2D eigenvalue weighted by molar-refractivity contribution is 0.0601. The standard InChI is InChI=1S/C18H21N3O2/c1-12-13(2)21(11-10-19-12)18(23)15-8-9-16(20-17(15)22)14-6-4-3-5-7-14/h3-9,12-13,19H,10-11H2,1-2H3,(H,20,22). The maximum absolute atomic E-state index is 12.7. The Bertz CT molecular complexity index is 754. The molecule has 3 rings (SSSR count). The third-order valence-electron chi connectivity index (χ3n) is 4.52. The van der Waals surface area contributed by atoms with E-state index in [9.17, 15) is 9.59 Å². The molecule has 2 N–H and O–H groups in total. The van der Waals surface area contributed by atoms with Crippen molar-refractivity contribution in [1.82, 2.24) is 15.2 Å². The van der Waals surface area contributed by atoms with Crippen molar-refractivity contribution in [1.29, 1.82) is 0 Å². The molecule has 120 valence electrons. The van der Waals surface area contributed by atoms with Crippen LogP contribution in [0.25, 0.3) is 11.3 Å². The smallest absolute Gasteiger partial charge is 0.261 e. The molecule has 1 aromatic heterocycles. The molecule has 1 saturated heterocycles. The van der Waals surface area contributed by atoms with Gasteiger partial charge in [-0.15, -0.1) is 0 Å². The van der Waals surface area contributed by atoms with Crippen LogP contribution in [0, 0.1) is 0 Å². The average molecular weight is 311 g/mol. The Labute approximate surface area is 135 Å². The summed E-state index contributed by atoms with van der Waals surface area (Å²) in [5, 5.41) is 3.33. The number of pyridine rings is 1. The van der Waals surface area contributed by atoms with Crippen LogP contribution in [0.1, 0.15) is 24.2 Å². The van der Waals surface area contributed by atoms with Crippen molar-refractivity contribution < 1.29 is 4.79 Å². The molecule has 2 heterocycles. The zero-order chi connectivity index (χ0) is 16.4. The Hall–Kier alpha value is -2.40. The average Bonchev–Trinajstić information content (AvgIpc) is 2.57. The summed E-state index contributed by atoms with van der Waals surface area (Å²) >= 11 is 0. The van der Waals surface area contributed by atoms with E-state index in [-0.39, 0.29) is 29.1 Å². The third kappa shape index (κ3) is 3.05. The van der Waals surface area contributed by atoms with Gasteiger partial charge in [0.1, 0.15) is 5.56 Å². The van der Waals surface area contributed by atoms with Crippen molar-refractivity contribution in [3.63, 3.8) is 0 Å². The summed E-state index contributed by atoms with van der Waals surface area (Å²) < 4.78 is 0. The second kappa shape index (κ2) is 6.38. The molecule has 1 aliphatic rings. The van der Waals surface area contributed by atoms with Gasteiger partial charge in [-0.2, -0.15) is 0 Å². The number of H-pyrrole nitrogens is 1. The van der Waals surface area contributed by atoms with Crippen molar-refractivity contribution in [3.8, 4) is 11.3 Å². The van der Waals surface area contributed by atoms with Crippen molar-refractivity contribution in [2.24, 2.45) is 0 Å². The number of carbonyl (C=O) groups excluding carboxylic acids is 1. The Morgan fingerprint density at radius 2 is 1.87 bits per heavy atom. The van der Waals surface area contributed by atoms with Crippen molar-refractivity contribution >= 4 is 5.91 Å². The molecule has 0 radical (unpaired) electrons. The van der Waals surface area contributed by atoms with E-state index in [1.807, 2.05) is 44.2 Å². The number of nitrogens with one attached hydrogen (secondary N) is 2. The Morgan fingerprint density at radius 1 is 1.13 bits per heavy atom. The molecule has 2 aromatic rings. The molecule has 1 aliphatic heterocycles. The van der Waals surface area contributed by atoms with Crippen LogP contribution in [-0.2, 0) is 0 Å². The third-order valence-corrected chi connectivity index (χ3v) is 4.52. The maximum atomic E-state index is 12.7. The minimum absolute atomic E-state index is 0.0597. The number of rotatable bonds is 2. The highest BCUT2D eigenvalue weighted by Crippen LogP contribution is 2.16. The van der Waals surface area contributed by atoms with E-state index in [4.69, 9.17) is 0 Å². The van der Waals surface area contributed by atoms with E-state index >= 15 is 0 Å². The summed E-state index contributed by atoms with van der Waals surface area (Å²) in [7, 11) is 0. The Kier molecular flexibility index (Phi) is 4.30. The van der Waals surface area contributed by atoms with Gasteiger partial charge in [-0.05, 0) is 31.5 Å². The summed E-state index contributed by atoms with van der Waals surface area (Å²) in [6, 6.07) is 13.3. The quantitative estimate of drug-likeness (QED) is 0.890. The van der Waals surface area contributed by atoms with E-state index in [0.29, 0.717) is 12.2 Å². The van der Waals surface area contributed by atoms with Gasteiger partial charge in [0, 0.05) is 30.9 Å². The molecule has 0 spiro atoms. The fraction of sp³-hybridized carbons (Fsp3) is 0.333. The van der Waals surface area contributed by atoms with Crippen LogP contribution in [0.2, 0.25) is 0 Å². The lowest BCUT2D eigenvalue weighted by Gasteiger charge is -2.38. The van der Waals surface area contributed by atoms with Gasteiger partial charge in [0.05, 0.1) is 0 Å². The molecule has 1 fully saturated rings. The fourth-order valence-corrected chi connectivity index (χ4v) is 2.93. The number of aromatic nitrogens is 1. The number of nitrogens with zero attached hydrogens (tertiary/aromatic N) is 1. The number of benzene rings is 1. The monoisotopic (exact) mass is 311 g/mol. The van der Waals surface area contributed by atoms with Crippen LogP contribution < -0.4 is 10.9 Å². The molecule has 5 nitrogen and oxygen atoms in total. The van der Waals surface area contributed by atoms with Gasteiger partial charge in [0.2, 0.25) is 0 Å². The topological polar surface area (TPSA) is 65.2 Å². The van der Waals surface area contributed by atoms with Gasteiger partial charge < -0.3 is 15.2 Å². The molecule has 23 heavy (non-hydrogen) atoms. The normalized spacial score (nSPS) is 21.2. The highest BCUT2D eigenvalue weighted by atomic mass is 16.2. The molecule has 0 aliphatic carbocycles. The van der Waals surface area contributed by atoms with Gasteiger partial charge in [-0.25, -0.2) is 0 Å². The van der Waals surface area contributed by atoms with Crippen molar-refractivity contribution in [3.05, 3.63) is 58.4 Å². The van der Waals surface area contributed by atoms with Crippen LogP contribution in [0.5, 0.6) is 0 Å². The zero-order valence-corrected chi connectivity index (χ0v) is 13.4. The summed E-state index contributed by atoms with van der Waals surface area (Å²) in [6.45, 7) is 5.41. The van der Waals surface area contributed by atoms with Crippen molar-refractivity contribution in [2.45, 2.75) is 25.9 Å². The summed E-state index contributed by atoms with van der Waals surface area (Å²) in [6.07, 6.45) is 0. The van der Waals surface area contributed by atoms with Crippen LogP contribution >= 0.6 is 0 Å². The van der Waals surface area contributed by atoms with Gasteiger partial charge in [-0.1, -0.05) is 30.3 Å². The first-order valence-electron chi connectivity index (χ1n) is 7.91. The van der Waals surface area contributed by atoms with Crippen molar-refractivity contribution in [2.75, 3.05) is 13.1 Å². The lowest BCUT2D eigenvalue weighted by Crippen LogP contribution is -2.57. The highest BCUT2D eigenvalue weighted by molar-refractivity contribution is 5.94. The van der Waals surface area contributed by atoms with Crippen LogP contribution in [0.4, 0.5) is 0 Å². The largest absolute Gasteiger partial charge is 0.333 e. The second-order valence-corrected chi connectivity index (χ2v) is 5.96. The minimum atomic E-state index is -0.338. The first kappa shape index (κ1) is 15.5. The maximum Gasteiger partial charge on any atom is 0.261 e. The first-order chi connectivity index (χ1) is 11.1. The van der Waals surface area contributed by atoms with E-state index in [2.05, 4.69) is 10.3 Å². The van der Waals surface area contributed by atoms with Gasteiger partial charge >= 0.3 is 0 Å². The molecular formula is C18H21N3O2. The number of aromatic amines is 1. The van der Waals surface area contributed by atoms with E-state index in [1.165, 1.54) is 0 Å². The van der Waals surface area contributed by atoms with Crippen LogP contribution in [0.3, 0.4) is 0 Å². The molecule has 5 heteroatoms. The number of hydrogen-bond acceptors (Lipinski definition) is 3. The fourth-order valence-electron chi connectivity index (χ4n) is 2.93. The minimum Gasteiger partial charge on any atom is -0.333 e. The SMILES string of the molecule is CC1NCCN(C(=O)c2ccc(-c3ccccc3)[nH]c2=O)C1C. The molecule has 1 amide bonds. The number of carbonyl (C=O) groups is 1. The number of piperazine rings is 1. The van der Waals surface area contributed by atoms with Gasteiger partial charge in [0.25, 0.3) is 11.5 Å². The predicted octanol–water partition coefficient (Wildman–Crippen LogP) is 1.86. The van der Waals surface area contributed by atoms with E-state index < -0.39 is 0 Å². The molecule has 2 atom stereocenters. The number of amides is 1. The van der Waals surface area contributed by atoms with Gasteiger partial charge in [0.15, 0.2) is 0 Å². The molecule has 2 unspecified atom stereocenters. The van der Waals surface area contributed by atoms with Crippen LogP contribution in [-0.4, -0.2) is 41.0 Å². The van der Waals surface area contributed by atoms with Gasteiger partial charge in [-0.3, -0.25) is 9.59 Å².